The molecule has 57 heavy (non-hydrogen) atoms. The van der Waals surface area contributed by atoms with Crippen molar-refractivity contribution >= 4 is 227 Å². The summed E-state index contributed by atoms with van der Waals surface area (Å²) in [5.41, 5.74) is 4.30. The number of hydrogen-bond donors (Lipinski definition) is 0. The third kappa shape index (κ3) is 5.26. The topological polar surface area (TPSA) is 0 Å². The highest BCUT2D eigenvalue weighted by atomic mass is 14.3. The zero-order chi connectivity index (χ0) is 40.3. The molecular weight excluding hydrogens is 669 g/mol. The van der Waals surface area contributed by atoms with E-state index in [-0.39, 0.29) is 82.1 Å². The van der Waals surface area contributed by atoms with E-state index in [1.54, 1.807) is 0 Å². The second kappa shape index (κ2) is 13.6. The normalized spacial score (nSPS) is 11.7. The third-order valence-electron chi connectivity index (χ3n) is 11.5. The van der Waals surface area contributed by atoms with E-state index >= 15 is 0 Å². The van der Waals surface area contributed by atoms with Gasteiger partial charge in [-0.15, -0.1) is 38.2 Å². The van der Waals surface area contributed by atoms with Gasteiger partial charge in [0.05, 0.1) is 0 Å². The van der Waals surface area contributed by atoms with Gasteiger partial charge in [-0.25, -0.2) is 0 Å². The zero-order valence-corrected chi connectivity index (χ0v) is 30.7. The summed E-state index contributed by atoms with van der Waals surface area (Å²) in [4.78, 5) is 0. The third-order valence-corrected chi connectivity index (χ3v) is 11.5. The van der Waals surface area contributed by atoms with Gasteiger partial charge in [-0.05, 0) is 93.3 Å². The van der Waals surface area contributed by atoms with Gasteiger partial charge in [0.25, 0.3) is 0 Å². The largest absolute Gasteiger partial charge is 0.113 e. The number of hydrogen-bond acceptors (Lipinski definition) is 0. The monoisotopic (exact) mass is 686 g/mol. The van der Waals surface area contributed by atoms with E-state index in [1.807, 2.05) is 36.4 Å². The maximum atomic E-state index is 7.04. The van der Waals surface area contributed by atoms with Crippen LogP contribution in [0.25, 0.3) is 87.2 Å². The molecule has 230 valence electrons. The van der Waals surface area contributed by atoms with Gasteiger partial charge in [0, 0.05) is 0 Å². The Labute approximate surface area is 349 Å². The summed E-state index contributed by atoms with van der Waals surface area (Å²) in [6.07, 6.45) is 0. The first-order valence-corrected chi connectivity index (χ1v) is 18.0. The van der Waals surface area contributed by atoms with Gasteiger partial charge >= 0.3 is 0 Å². The number of rotatable bonds is 3. The Bertz CT molecular complexity index is 3170. The average Bonchev–Trinajstić information content (AvgIpc) is 3.23. The summed E-state index contributed by atoms with van der Waals surface area (Å²) >= 11 is 0. The molecule has 0 fully saturated rings. The summed E-state index contributed by atoms with van der Waals surface area (Å²) in [6, 6.07) is 31.1. The Balaban J connectivity index is 1.53. The van der Waals surface area contributed by atoms with Crippen LogP contribution in [0.2, 0.25) is 0 Å². The van der Waals surface area contributed by atoms with Crippen LogP contribution in [0.4, 0.5) is 0 Å². The van der Waals surface area contributed by atoms with Crippen LogP contribution in [-0.4, -0.2) is 102 Å². The van der Waals surface area contributed by atoms with E-state index in [9.17, 15) is 0 Å². The van der Waals surface area contributed by atoms with Crippen molar-refractivity contribution in [3.63, 3.8) is 0 Å². The van der Waals surface area contributed by atoms with Crippen molar-refractivity contribution in [1.82, 2.24) is 0 Å². The molecule has 9 rings (SSSR count). The quantitative estimate of drug-likeness (QED) is 0.105. The molecule has 9 aromatic carbocycles. The standard InChI is InChI=1S/C44H15B13/c45-32-27-25(23-14-13-22(19-10-4-5-11-20(19)23)24-15-16-7-1-2-8-17(16)18-9-3-6-12-21(18)24)28-30(35(48)41(54)39(52)33(28)46)26(29(27)34(47)40(53)38(32)51)31-36(49)42(55)44(57)43(56)37(31)50/h1-15H. The van der Waals surface area contributed by atoms with Crippen molar-refractivity contribution < 1.29 is 0 Å². The summed E-state index contributed by atoms with van der Waals surface area (Å²) < 4.78 is 0. The van der Waals surface area contributed by atoms with Crippen LogP contribution >= 0.6 is 0 Å². The van der Waals surface area contributed by atoms with E-state index in [1.165, 1.54) is 0 Å². The Morgan fingerprint density at radius 2 is 0.561 bits per heavy atom. The van der Waals surface area contributed by atoms with E-state index < -0.39 is 0 Å². The van der Waals surface area contributed by atoms with Gasteiger partial charge < -0.3 is 0 Å². The lowest BCUT2D eigenvalue weighted by molar-refractivity contribution is 1.69. The van der Waals surface area contributed by atoms with Crippen LogP contribution in [0.3, 0.4) is 0 Å². The highest BCUT2D eigenvalue weighted by Gasteiger charge is 2.27. The summed E-state index contributed by atoms with van der Waals surface area (Å²) in [6.45, 7) is 0. The van der Waals surface area contributed by atoms with Crippen LogP contribution < -0.4 is 71.0 Å². The number of fused-ring (bicyclic) bond motifs is 6. The number of benzene rings is 9. The molecular formula is C44H15B13. The fraction of sp³-hybridized carbons (Fsp3) is 0. The first kappa shape index (κ1) is 37.7. The van der Waals surface area contributed by atoms with Crippen LogP contribution in [0.15, 0.2) is 91.0 Å². The molecule has 0 aliphatic heterocycles. The first-order valence-electron chi connectivity index (χ1n) is 18.0. The van der Waals surface area contributed by atoms with Crippen LogP contribution in [0.1, 0.15) is 0 Å². The minimum absolute atomic E-state index is 0.00482. The first-order chi connectivity index (χ1) is 27.3. The van der Waals surface area contributed by atoms with Gasteiger partial charge in [0.1, 0.15) is 102 Å². The average molecular weight is 684 g/mol. The lowest BCUT2D eigenvalue weighted by Gasteiger charge is -2.31. The molecule has 0 heterocycles. The summed E-state index contributed by atoms with van der Waals surface area (Å²) in [5.74, 6) is 0. The van der Waals surface area contributed by atoms with Crippen LogP contribution in [0.5, 0.6) is 0 Å². The lowest BCUT2D eigenvalue weighted by atomic mass is 9.56. The van der Waals surface area contributed by atoms with E-state index in [0.717, 1.165) is 43.4 Å². The molecule has 0 N–H and O–H groups in total. The molecule has 0 atom stereocenters. The Kier molecular flexibility index (Phi) is 9.00. The molecule has 0 amide bonds. The second-order valence-electron chi connectivity index (χ2n) is 14.4. The lowest BCUT2D eigenvalue weighted by Crippen LogP contribution is -2.55. The van der Waals surface area contributed by atoms with Gasteiger partial charge in [0.2, 0.25) is 0 Å². The predicted molar refractivity (Wildman–Crippen MR) is 260 cm³/mol. The molecule has 26 radical (unpaired) electrons. The van der Waals surface area contributed by atoms with Crippen LogP contribution in [0, 0.1) is 0 Å². The van der Waals surface area contributed by atoms with Crippen molar-refractivity contribution in [2.75, 3.05) is 0 Å². The fourth-order valence-electron chi connectivity index (χ4n) is 8.61. The van der Waals surface area contributed by atoms with Crippen molar-refractivity contribution in [2.24, 2.45) is 0 Å². The maximum absolute atomic E-state index is 7.04. The van der Waals surface area contributed by atoms with E-state index in [4.69, 9.17) is 102 Å². The SMILES string of the molecule is [B]c1c([B])c([B])c(-c2c3c([B])c([B])c([B])c([B])c3c(-c3ccc(-c4cc5ccccc5c5ccccc45)c4ccccc34)c3c([B])c([B])c([B])c([B])c23)c([B])c1[B]. The van der Waals surface area contributed by atoms with E-state index in [0.29, 0.717) is 32.7 Å². The molecule has 0 spiro atoms. The van der Waals surface area contributed by atoms with Crippen LogP contribution in [-0.2, 0) is 0 Å². The molecule has 0 saturated heterocycles. The Hall–Kier alpha value is -4.88. The minimum Gasteiger partial charge on any atom is -0.112 e. The highest BCUT2D eigenvalue weighted by molar-refractivity contribution is 6.73. The van der Waals surface area contributed by atoms with Gasteiger partial charge in [-0.2, -0.15) is 0 Å². The van der Waals surface area contributed by atoms with Crippen molar-refractivity contribution in [3.8, 4) is 33.4 Å². The minimum atomic E-state index is -0.00482. The smallest absolute Gasteiger partial charge is 0.112 e. The molecule has 0 aromatic heterocycles. The van der Waals surface area contributed by atoms with Gasteiger partial charge in [0.15, 0.2) is 0 Å². The molecule has 0 nitrogen and oxygen atoms in total. The molecule has 0 saturated carbocycles. The molecule has 0 bridgehead atoms. The van der Waals surface area contributed by atoms with E-state index in [2.05, 4.69) is 54.6 Å². The van der Waals surface area contributed by atoms with Gasteiger partial charge in [-0.3, -0.25) is 0 Å². The Morgan fingerprint density at radius 3 is 1.05 bits per heavy atom. The molecule has 0 unspecified atom stereocenters. The Morgan fingerprint density at radius 1 is 0.228 bits per heavy atom. The summed E-state index contributed by atoms with van der Waals surface area (Å²) in [7, 11) is 87.2. The summed E-state index contributed by atoms with van der Waals surface area (Å²) in [5, 5.41) is 7.72. The highest BCUT2D eigenvalue weighted by Crippen LogP contribution is 2.45. The molecule has 0 aliphatic carbocycles. The van der Waals surface area contributed by atoms with Crippen molar-refractivity contribution in [2.45, 2.75) is 0 Å². The predicted octanol–water partition coefficient (Wildman–Crippen LogP) is -3.23. The fourth-order valence-corrected chi connectivity index (χ4v) is 8.61. The second-order valence-corrected chi connectivity index (χ2v) is 14.4. The molecule has 13 heteroatoms. The van der Waals surface area contributed by atoms with Crippen molar-refractivity contribution in [1.29, 1.82) is 0 Å². The zero-order valence-electron chi connectivity index (χ0n) is 30.7. The maximum Gasteiger partial charge on any atom is 0.113 e. The van der Waals surface area contributed by atoms with Gasteiger partial charge in [-0.1, -0.05) is 118 Å². The molecule has 0 aliphatic rings. The molecule has 9 aromatic rings. The van der Waals surface area contributed by atoms with Crippen molar-refractivity contribution in [3.05, 3.63) is 91.0 Å².